The Labute approximate surface area is 143 Å². The highest BCUT2D eigenvalue weighted by molar-refractivity contribution is 14.1. The zero-order valence-corrected chi connectivity index (χ0v) is 14.8. The predicted octanol–water partition coefficient (Wildman–Crippen LogP) is 4.01. The molecular formula is C17H17IO4. The second kappa shape index (κ2) is 7.49. The van der Waals surface area contributed by atoms with E-state index in [0.29, 0.717) is 29.4 Å². The zero-order valence-electron chi connectivity index (χ0n) is 12.7. The number of carbonyl (C=O) groups is 1. The number of benzene rings is 2. The second-order valence-electron chi connectivity index (χ2n) is 4.64. The Morgan fingerprint density at radius 1 is 1.05 bits per heavy atom. The Hall–Kier alpha value is -1.76. The molecule has 0 unspecified atom stereocenters. The maximum absolute atomic E-state index is 11.4. The lowest BCUT2D eigenvalue weighted by Crippen LogP contribution is -2.06. The Morgan fingerprint density at radius 2 is 1.68 bits per heavy atom. The molecule has 0 fully saturated rings. The van der Waals surface area contributed by atoms with Crippen molar-refractivity contribution in [2.45, 2.75) is 13.5 Å². The minimum absolute atomic E-state index is 0.422. The van der Waals surface area contributed by atoms with E-state index in [1.54, 1.807) is 7.11 Å². The third-order valence-corrected chi connectivity index (χ3v) is 4.39. The molecule has 0 amide bonds. The standard InChI is InChI=1S/C17H17IO4/c1-11-15(22-10-12-7-5-4-6-8-12)14(18)13(9-19)17(21-3)16(11)20-2/h4-9H,10H2,1-3H3. The van der Waals surface area contributed by atoms with E-state index in [2.05, 4.69) is 22.6 Å². The third-order valence-electron chi connectivity index (χ3n) is 3.32. The van der Waals surface area contributed by atoms with Crippen LogP contribution in [-0.4, -0.2) is 20.5 Å². The lowest BCUT2D eigenvalue weighted by atomic mass is 10.1. The first-order chi connectivity index (χ1) is 10.6. The first kappa shape index (κ1) is 16.6. The van der Waals surface area contributed by atoms with Crippen molar-refractivity contribution in [2.24, 2.45) is 0 Å². The van der Waals surface area contributed by atoms with Crippen molar-refractivity contribution >= 4 is 28.9 Å². The molecule has 0 aliphatic carbocycles. The number of halogens is 1. The SMILES string of the molecule is COc1c(C)c(OCc2ccccc2)c(I)c(C=O)c1OC. The average Bonchev–Trinajstić information content (AvgIpc) is 2.55. The highest BCUT2D eigenvalue weighted by Crippen LogP contribution is 2.43. The van der Waals surface area contributed by atoms with Crippen LogP contribution in [0.4, 0.5) is 0 Å². The van der Waals surface area contributed by atoms with E-state index in [1.807, 2.05) is 37.3 Å². The number of ether oxygens (including phenoxy) is 3. The van der Waals surface area contributed by atoms with E-state index in [0.717, 1.165) is 21.0 Å². The minimum Gasteiger partial charge on any atom is -0.492 e. The smallest absolute Gasteiger partial charge is 0.172 e. The van der Waals surface area contributed by atoms with Gasteiger partial charge in [-0.15, -0.1) is 0 Å². The van der Waals surface area contributed by atoms with Crippen LogP contribution in [0.1, 0.15) is 21.5 Å². The van der Waals surface area contributed by atoms with Crippen LogP contribution >= 0.6 is 22.6 Å². The van der Waals surface area contributed by atoms with Crippen LogP contribution in [-0.2, 0) is 6.61 Å². The summed E-state index contributed by atoms with van der Waals surface area (Å²) in [5, 5.41) is 0. The fourth-order valence-electron chi connectivity index (χ4n) is 2.24. The monoisotopic (exact) mass is 412 g/mol. The van der Waals surface area contributed by atoms with E-state index in [9.17, 15) is 4.79 Å². The van der Waals surface area contributed by atoms with Gasteiger partial charge in [-0.2, -0.15) is 0 Å². The predicted molar refractivity (Wildman–Crippen MR) is 93.2 cm³/mol. The highest BCUT2D eigenvalue weighted by Gasteiger charge is 2.23. The molecule has 2 aromatic carbocycles. The van der Waals surface area contributed by atoms with Gasteiger partial charge in [0.15, 0.2) is 17.8 Å². The molecule has 0 radical (unpaired) electrons. The maximum atomic E-state index is 11.4. The summed E-state index contributed by atoms with van der Waals surface area (Å²) in [5.41, 5.74) is 2.30. The summed E-state index contributed by atoms with van der Waals surface area (Å²) in [6.07, 6.45) is 0.762. The molecule has 0 aliphatic rings. The van der Waals surface area contributed by atoms with Crippen LogP contribution in [0.25, 0.3) is 0 Å². The van der Waals surface area contributed by atoms with Crippen molar-refractivity contribution in [1.82, 2.24) is 0 Å². The molecular weight excluding hydrogens is 395 g/mol. The van der Waals surface area contributed by atoms with Gasteiger partial charge in [-0.1, -0.05) is 30.3 Å². The minimum atomic E-state index is 0.422. The van der Waals surface area contributed by atoms with Crippen molar-refractivity contribution < 1.29 is 19.0 Å². The van der Waals surface area contributed by atoms with Gasteiger partial charge < -0.3 is 14.2 Å². The van der Waals surface area contributed by atoms with Crippen LogP contribution < -0.4 is 14.2 Å². The molecule has 0 aliphatic heterocycles. The molecule has 0 N–H and O–H groups in total. The molecule has 0 spiro atoms. The van der Waals surface area contributed by atoms with Crippen molar-refractivity contribution in [3.8, 4) is 17.2 Å². The fraction of sp³-hybridized carbons (Fsp3) is 0.235. The maximum Gasteiger partial charge on any atom is 0.172 e. The van der Waals surface area contributed by atoms with E-state index in [-0.39, 0.29) is 0 Å². The van der Waals surface area contributed by atoms with E-state index in [1.165, 1.54) is 7.11 Å². The van der Waals surface area contributed by atoms with Crippen LogP contribution in [0.5, 0.6) is 17.2 Å². The summed E-state index contributed by atoms with van der Waals surface area (Å²) in [4.78, 5) is 11.4. The molecule has 0 saturated carbocycles. The van der Waals surface area contributed by atoms with Gasteiger partial charge in [0.05, 0.1) is 23.4 Å². The van der Waals surface area contributed by atoms with Gasteiger partial charge in [-0.3, -0.25) is 4.79 Å². The molecule has 5 heteroatoms. The molecule has 2 rings (SSSR count). The van der Waals surface area contributed by atoms with Crippen LogP contribution in [0.3, 0.4) is 0 Å². The first-order valence-corrected chi connectivity index (χ1v) is 7.77. The van der Waals surface area contributed by atoms with Gasteiger partial charge in [-0.25, -0.2) is 0 Å². The number of hydrogen-bond donors (Lipinski definition) is 0. The lowest BCUT2D eigenvalue weighted by Gasteiger charge is -2.19. The topological polar surface area (TPSA) is 44.8 Å². The number of rotatable bonds is 6. The Balaban J connectivity index is 2.44. The number of hydrogen-bond acceptors (Lipinski definition) is 4. The summed E-state index contributed by atoms with van der Waals surface area (Å²) >= 11 is 2.10. The van der Waals surface area contributed by atoms with Gasteiger partial charge in [0, 0.05) is 5.56 Å². The highest BCUT2D eigenvalue weighted by atomic mass is 127. The molecule has 0 saturated heterocycles. The van der Waals surface area contributed by atoms with Crippen molar-refractivity contribution in [2.75, 3.05) is 14.2 Å². The summed E-state index contributed by atoms with van der Waals surface area (Å²) in [6.45, 7) is 2.31. The zero-order chi connectivity index (χ0) is 16.1. The summed E-state index contributed by atoms with van der Waals surface area (Å²) < 4.78 is 17.4. The Morgan fingerprint density at radius 3 is 2.23 bits per heavy atom. The summed E-state index contributed by atoms with van der Waals surface area (Å²) in [5.74, 6) is 1.60. The number of carbonyl (C=O) groups excluding carboxylic acids is 1. The molecule has 116 valence electrons. The second-order valence-corrected chi connectivity index (χ2v) is 5.72. The quantitative estimate of drug-likeness (QED) is 0.532. The van der Waals surface area contributed by atoms with Gasteiger partial charge in [0.25, 0.3) is 0 Å². The molecule has 0 atom stereocenters. The Bertz CT molecular complexity index is 668. The molecule has 0 bridgehead atoms. The van der Waals surface area contributed by atoms with Gasteiger partial charge >= 0.3 is 0 Å². The first-order valence-electron chi connectivity index (χ1n) is 6.70. The molecule has 22 heavy (non-hydrogen) atoms. The van der Waals surface area contributed by atoms with E-state index < -0.39 is 0 Å². The largest absolute Gasteiger partial charge is 0.492 e. The van der Waals surface area contributed by atoms with E-state index >= 15 is 0 Å². The summed E-state index contributed by atoms with van der Waals surface area (Å²) in [7, 11) is 3.07. The van der Waals surface area contributed by atoms with Crippen LogP contribution in [0, 0.1) is 10.5 Å². The van der Waals surface area contributed by atoms with Crippen LogP contribution in [0.2, 0.25) is 0 Å². The lowest BCUT2D eigenvalue weighted by molar-refractivity contribution is 0.111. The molecule has 4 nitrogen and oxygen atoms in total. The third kappa shape index (κ3) is 3.19. The number of methoxy groups -OCH3 is 2. The summed E-state index contributed by atoms with van der Waals surface area (Å²) in [6, 6.07) is 9.86. The van der Waals surface area contributed by atoms with E-state index in [4.69, 9.17) is 14.2 Å². The van der Waals surface area contributed by atoms with Crippen LogP contribution in [0.15, 0.2) is 30.3 Å². The van der Waals surface area contributed by atoms with Gasteiger partial charge in [0.2, 0.25) is 0 Å². The van der Waals surface area contributed by atoms with Crippen molar-refractivity contribution in [1.29, 1.82) is 0 Å². The van der Waals surface area contributed by atoms with Gasteiger partial charge in [-0.05, 0) is 35.1 Å². The Kier molecular flexibility index (Phi) is 5.65. The molecule has 0 heterocycles. The number of aldehydes is 1. The molecule has 0 aromatic heterocycles. The van der Waals surface area contributed by atoms with Gasteiger partial charge in [0.1, 0.15) is 12.4 Å². The molecule has 2 aromatic rings. The van der Waals surface area contributed by atoms with Crippen molar-refractivity contribution in [3.63, 3.8) is 0 Å². The fourth-order valence-corrected chi connectivity index (χ4v) is 3.17. The average molecular weight is 412 g/mol. The normalized spacial score (nSPS) is 10.2. The van der Waals surface area contributed by atoms with Crippen molar-refractivity contribution in [3.05, 3.63) is 50.6 Å².